The fourth-order valence-corrected chi connectivity index (χ4v) is 19.9. The van der Waals surface area contributed by atoms with Crippen LogP contribution >= 0.6 is 317 Å². The summed E-state index contributed by atoms with van der Waals surface area (Å²) in [6, 6.07) is 27.6. The number of carboxylic acids is 1. The Bertz CT molecular complexity index is 3230. The van der Waals surface area contributed by atoms with E-state index in [0.717, 1.165) is 105 Å². The van der Waals surface area contributed by atoms with E-state index in [2.05, 4.69) is 354 Å². The molecule has 432 valence electrons. The summed E-state index contributed by atoms with van der Waals surface area (Å²) in [5.74, 6) is -0.513. The van der Waals surface area contributed by atoms with Crippen LogP contribution in [-0.4, -0.2) is 44.0 Å². The van der Waals surface area contributed by atoms with Gasteiger partial charge in [-0.05, 0) is 253 Å². The maximum atomic E-state index is 11.5. The summed E-state index contributed by atoms with van der Waals surface area (Å²) in [4.78, 5) is 46.2. The van der Waals surface area contributed by atoms with Gasteiger partial charge in [0.25, 0.3) is 5.56 Å². The molecule has 1 aliphatic rings. The predicted octanol–water partition coefficient (Wildman–Crippen LogP) is 22.2. The van der Waals surface area contributed by atoms with Crippen LogP contribution in [0.25, 0.3) is 10.9 Å². The molecule has 9 nitrogen and oxygen atoms in total. The van der Waals surface area contributed by atoms with E-state index in [1.807, 2.05) is 68.6 Å². The third-order valence-electron chi connectivity index (χ3n) is 10.8. The van der Waals surface area contributed by atoms with Gasteiger partial charge < -0.3 is 25.6 Å². The molecule has 1 aliphatic heterocycles. The van der Waals surface area contributed by atoms with Crippen LogP contribution in [0.4, 0.5) is 11.4 Å². The quantitative estimate of drug-likeness (QED) is 0.0862. The van der Waals surface area contributed by atoms with E-state index in [9.17, 15) is 19.2 Å². The van der Waals surface area contributed by atoms with Crippen molar-refractivity contribution in [3.05, 3.63) is 186 Å². The zero-order valence-corrected chi connectivity index (χ0v) is 73.5. The van der Waals surface area contributed by atoms with Crippen molar-refractivity contribution in [2.24, 2.45) is 7.05 Å². The first-order valence-corrected chi connectivity index (χ1v) is 39.1. The Hall–Kier alpha value is 2.65. The fourth-order valence-electron chi connectivity index (χ4n) is 6.57. The van der Waals surface area contributed by atoms with Crippen LogP contribution in [0.2, 0.25) is 0 Å². The number of aromatic nitrogens is 1. The van der Waals surface area contributed by atoms with Gasteiger partial charge in [0, 0.05) is 126 Å². The topological polar surface area (TPSA) is 135 Å². The summed E-state index contributed by atoms with van der Waals surface area (Å²) in [7, 11) is 5.27. The molecule has 1 aromatic heterocycles. The van der Waals surface area contributed by atoms with Crippen molar-refractivity contribution in [3.63, 3.8) is 0 Å². The number of benzene rings is 6. The minimum atomic E-state index is -0.776. The van der Waals surface area contributed by atoms with Crippen molar-refractivity contribution in [2.75, 3.05) is 27.2 Å². The van der Waals surface area contributed by atoms with Gasteiger partial charge in [0.15, 0.2) is 0 Å². The summed E-state index contributed by atoms with van der Waals surface area (Å²) < 4.78 is 19.2. The van der Waals surface area contributed by atoms with E-state index < -0.39 is 5.97 Å². The molecule has 0 saturated heterocycles. The second-order valence-corrected chi connectivity index (χ2v) is 35.6. The lowest BCUT2D eigenvalue weighted by Crippen LogP contribution is -2.31. The average Bonchev–Trinajstić information content (AvgIpc) is 3.35. The van der Waals surface area contributed by atoms with Crippen LogP contribution in [0, 0.1) is 31.7 Å². The van der Waals surface area contributed by atoms with Crippen molar-refractivity contribution in [1.29, 1.82) is 0 Å². The number of nitrogen functional groups attached to an aromatic ring is 1. The Balaban J connectivity index is 0.000000326. The second kappa shape index (κ2) is 40.4. The normalized spacial score (nSPS) is 11.0. The molecule has 0 saturated carbocycles. The van der Waals surface area contributed by atoms with Crippen LogP contribution in [-0.2, 0) is 40.7 Å². The van der Waals surface area contributed by atoms with Gasteiger partial charge in [-0.3, -0.25) is 19.2 Å². The van der Waals surface area contributed by atoms with Crippen LogP contribution in [0.15, 0.2) is 134 Å². The highest BCUT2D eigenvalue weighted by molar-refractivity contribution is 14.2. The van der Waals surface area contributed by atoms with Gasteiger partial charge >= 0.3 is 5.97 Å². The molecule has 26 heteroatoms. The van der Waals surface area contributed by atoms with Crippen molar-refractivity contribution in [1.82, 2.24) is 9.88 Å². The summed E-state index contributed by atoms with van der Waals surface area (Å²) in [5, 5.41) is 12.3. The molecule has 4 N–H and O–H groups in total. The van der Waals surface area contributed by atoms with Crippen LogP contribution < -0.4 is 21.5 Å². The molecular weight excluding hydrogens is 2470 g/mol. The summed E-state index contributed by atoms with van der Waals surface area (Å²) in [6.45, 7) is 4.10. The molecule has 2 amide bonds. The number of fused-ring (bicyclic) bond motifs is 2. The number of alkyl halides is 2. The number of aryl methyl sites for hydroxylation is 1. The Morgan fingerprint density at radius 2 is 0.938 bits per heavy atom. The third-order valence-corrected chi connectivity index (χ3v) is 21.5. The number of carboxylic acid groups (broad SMARTS) is 1. The zero-order chi connectivity index (χ0) is 60.9. The Morgan fingerprint density at radius 3 is 1.38 bits per heavy atom. The zero-order valence-electron chi connectivity index (χ0n) is 42.5. The number of nitrogens with one attached hydrogen (secondary N) is 1. The van der Waals surface area contributed by atoms with E-state index in [1.165, 1.54) is 22.7 Å². The number of nitrogens with two attached hydrogens (primary N) is 1. The van der Waals surface area contributed by atoms with Crippen LogP contribution in [0.1, 0.15) is 47.1 Å². The average molecular weight is 2520 g/mol. The van der Waals surface area contributed by atoms with E-state index in [-0.39, 0.29) is 23.8 Å². The molecule has 8 rings (SSSR count). The summed E-state index contributed by atoms with van der Waals surface area (Å²) >= 11 is 50.4. The number of hydrogen-bond acceptors (Lipinski definition) is 5. The first kappa shape index (κ1) is 78.7. The minimum absolute atomic E-state index is 0.0198. The Morgan fingerprint density at radius 1 is 0.562 bits per heavy atom. The van der Waals surface area contributed by atoms with Crippen LogP contribution in [0.5, 0.6) is 0 Å². The van der Waals surface area contributed by atoms with E-state index in [0.29, 0.717) is 19.3 Å². The van der Waals surface area contributed by atoms with Gasteiger partial charge in [-0.25, -0.2) is 0 Å². The molecule has 6 aromatic carbocycles. The molecule has 0 fully saturated rings. The van der Waals surface area contributed by atoms with Gasteiger partial charge in [-0.15, -0.1) is 0 Å². The highest BCUT2D eigenvalue weighted by Crippen LogP contribution is 2.35. The van der Waals surface area contributed by atoms with Gasteiger partial charge in [-0.2, -0.15) is 0 Å². The molecule has 7 aromatic rings. The number of pyridine rings is 1. The number of amides is 2. The molecule has 0 radical (unpaired) electrons. The first-order valence-electron chi connectivity index (χ1n) is 22.7. The number of rotatable bonds is 6. The lowest BCUT2D eigenvalue weighted by Gasteiger charge is -2.26. The lowest BCUT2D eigenvalue weighted by atomic mass is 10.0. The van der Waals surface area contributed by atoms with E-state index >= 15 is 0 Å². The third kappa shape index (κ3) is 27.4. The molecular formula is C54H47Br10I7N4O5. The number of carbonyl (C=O) groups is 3. The van der Waals surface area contributed by atoms with Crippen molar-refractivity contribution in [2.45, 2.75) is 52.4 Å². The largest absolute Gasteiger partial charge is 0.481 e. The predicted molar refractivity (Wildman–Crippen MR) is 429 cm³/mol. The smallest absolute Gasteiger partial charge is 0.303 e. The number of anilines is 2. The van der Waals surface area contributed by atoms with Crippen LogP contribution in [0.3, 0.4) is 0 Å². The molecule has 0 bridgehead atoms. The second-order valence-electron chi connectivity index (χ2n) is 16.4. The highest BCUT2D eigenvalue weighted by atomic mass is 127. The SMILES string of the molecule is CN1C(=O)CCc2c(Br)cc(I)cc21.CNC(=O)CCc1c(Br)cc(I)cc1Br.Cc1c(Br)cc(I)cc1Br.Cc1c(Br)cc(N)cc1Br.Cn1c(=O)ccc2c(Br)cc(I)cc21.ICI.O=C(O)CCc1c(Br)cc(I)cc1Br. The van der Waals surface area contributed by atoms with Crippen molar-refractivity contribution >= 4 is 357 Å². The number of hydrogen-bond donors (Lipinski definition) is 3. The summed E-state index contributed by atoms with van der Waals surface area (Å²) in [5.41, 5.74) is 14.2. The highest BCUT2D eigenvalue weighted by Gasteiger charge is 2.23. The summed E-state index contributed by atoms with van der Waals surface area (Å²) in [6.07, 6.45) is 3.38. The number of halogens is 17. The van der Waals surface area contributed by atoms with Gasteiger partial charge in [-0.1, -0.05) is 204 Å². The Labute approximate surface area is 647 Å². The van der Waals surface area contributed by atoms with Gasteiger partial charge in [0.2, 0.25) is 11.8 Å². The van der Waals surface area contributed by atoms with E-state index in [4.69, 9.17) is 10.8 Å². The lowest BCUT2D eigenvalue weighted by molar-refractivity contribution is -0.137. The van der Waals surface area contributed by atoms with Gasteiger partial charge in [0.1, 0.15) is 0 Å². The molecule has 80 heavy (non-hydrogen) atoms. The number of carbonyl (C=O) groups excluding carboxylic acids is 2. The standard InChI is InChI=1S/C10H10Br2INO.C10H9BrINO.C10H7BrINO.C9H7Br2IO2.C7H5Br2I.C7H7Br2N.CH2I2/c1-14-10(15)3-2-7-8(11)4-6(13)5-9(7)12;2*1-13-9-5-6(12)4-8(11)7(9)2-3-10(13)14;10-7-3-5(12)4-8(11)6(7)1-2-9(13)14;2*1-4-6(8)2-5(10)3-7(4)9;2-1-3/h4-5H,2-3H2,1H3,(H,14,15);4-5H,2-3H2,1H3;2-5H,1H3;3-4H,1-2H2,(H,13,14);2-3H,1H3;2-3H,10H2,1H3;1H2. The maximum absolute atomic E-state index is 11.5. The van der Waals surface area contributed by atoms with Crippen molar-refractivity contribution in [3.8, 4) is 0 Å². The minimum Gasteiger partial charge on any atom is -0.481 e. The first-order chi connectivity index (χ1) is 37.4. The van der Waals surface area contributed by atoms with E-state index in [1.54, 1.807) is 29.6 Å². The maximum Gasteiger partial charge on any atom is 0.303 e. The van der Waals surface area contributed by atoms with Gasteiger partial charge in [0.05, 0.1) is 7.95 Å². The molecule has 0 unspecified atom stereocenters. The molecule has 2 heterocycles. The molecule has 0 spiro atoms. The number of nitrogens with zero attached hydrogens (tertiary/aromatic N) is 2. The molecule has 0 atom stereocenters. The Kier molecular flexibility index (Phi) is 39.8. The number of aliphatic carboxylic acids is 1. The fraction of sp³-hybridized carbons (Fsp3) is 0.222. The van der Waals surface area contributed by atoms with Crippen molar-refractivity contribution < 1.29 is 19.5 Å². The molecule has 0 aliphatic carbocycles. The monoisotopic (exact) mass is 2510 g/mol.